The maximum absolute atomic E-state index is 13.4. The first kappa shape index (κ1) is 25.7. The minimum atomic E-state index is -3.42. The van der Waals surface area contributed by atoms with Gasteiger partial charge < -0.3 is 5.32 Å². The number of nitrogens with one attached hydrogen (secondary N) is 4. The number of nitrogens with zero attached hydrogens (tertiary/aromatic N) is 2. The van der Waals surface area contributed by atoms with Crippen LogP contribution in [0.25, 0.3) is 0 Å². The van der Waals surface area contributed by atoms with Gasteiger partial charge in [-0.25, -0.2) is 23.7 Å². The number of hydrogen-bond donors (Lipinski definition) is 4. The van der Waals surface area contributed by atoms with Crippen LogP contribution in [-0.2, 0) is 14.8 Å². The molecule has 2 saturated carbocycles. The molecule has 2 bridgehead atoms. The third-order valence-corrected chi connectivity index (χ3v) is 9.99. The van der Waals surface area contributed by atoms with Crippen molar-refractivity contribution in [2.45, 2.75) is 63.7 Å². The van der Waals surface area contributed by atoms with Crippen LogP contribution in [0.2, 0.25) is 0 Å². The van der Waals surface area contributed by atoms with Crippen molar-refractivity contribution in [1.82, 2.24) is 15.8 Å². The lowest BCUT2D eigenvalue weighted by molar-refractivity contribution is -0.126. The minimum absolute atomic E-state index is 0.0343. The third kappa shape index (κ3) is 5.37. The number of amidine groups is 1. The fourth-order valence-corrected chi connectivity index (χ4v) is 6.76. The smallest absolute Gasteiger partial charge is 0.228 e. The van der Waals surface area contributed by atoms with E-state index in [1.165, 1.54) is 0 Å². The number of fused-ring (bicyclic) bond motifs is 2. The molecule has 0 radical (unpaired) electrons. The number of carbonyl (C=O) groups is 1. The van der Waals surface area contributed by atoms with E-state index in [1.54, 1.807) is 20.8 Å². The molecule has 37 heavy (non-hydrogen) atoms. The van der Waals surface area contributed by atoms with E-state index in [0.29, 0.717) is 12.8 Å². The van der Waals surface area contributed by atoms with Crippen LogP contribution in [-0.4, -0.2) is 30.9 Å². The summed E-state index contributed by atoms with van der Waals surface area (Å²) in [5.41, 5.74) is 8.44. The summed E-state index contributed by atoms with van der Waals surface area (Å²) in [6.07, 6.45) is 4.41. The maximum atomic E-state index is 13.4. The Morgan fingerprint density at radius 3 is 2.27 bits per heavy atom. The Kier molecular flexibility index (Phi) is 6.99. The van der Waals surface area contributed by atoms with E-state index in [4.69, 9.17) is 0 Å². The van der Waals surface area contributed by atoms with Crippen molar-refractivity contribution >= 4 is 33.1 Å². The van der Waals surface area contributed by atoms with Crippen molar-refractivity contribution in [3.63, 3.8) is 0 Å². The Hall–Kier alpha value is -2.95. The van der Waals surface area contributed by atoms with Crippen LogP contribution in [0.15, 0.2) is 59.7 Å². The topological polar surface area (TPSA) is 115 Å². The van der Waals surface area contributed by atoms with Gasteiger partial charge in [-0.3, -0.25) is 4.79 Å². The van der Waals surface area contributed by atoms with Crippen LogP contribution in [0.1, 0.15) is 58.4 Å². The van der Waals surface area contributed by atoms with Crippen LogP contribution in [0, 0.1) is 17.8 Å². The Morgan fingerprint density at radius 1 is 1.00 bits per heavy atom. The zero-order chi connectivity index (χ0) is 26.2. The van der Waals surface area contributed by atoms with Gasteiger partial charge >= 0.3 is 0 Å². The summed E-state index contributed by atoms with van der Waals surface area (Å²) in [7, 11) is -3.42. The second-order valence-corrected chi connectivity index (χ2v) is 13.7. The second-order valence-electron chi connectivity index (χ2n) is 11.3. The molecule has 2 unspecified atom stereocenters. The van der Waals surface area contributed by atoms with Gasteiger partial charge in [0, 0.05) is 23.2 Å². The predicted molar refractivity (Wildman–Crippen MR) is 146 cm³/mol. The molecule has 2 aromatic rings. The van der Waals surface area contributed by atoms with Gasteiger partial charge in [-0.1, -0.05) is 24.6 Å². The van der Waals surface area contributed by atoms with Crippen LogP contribution in [0.5, 0.6) is 0 Å². The molecule has 1 amide bonds. The first-order valence-corrected chi connectivity index (χ1v) is 14.5. The summed E-state index contributed by atoms with van der Waals surface area (Å²) in [6, 6.07) is 17.5. The highest BCUT2D eigenvalue weighted by Crippen LogP contribution is 2.45. The van der Waals surface area contributed by atoms with Gasteiger partial charge in [-0.15, -0.1) is 10.6 Å². The Labute approximate surface area is 219 Å². The highest BCUT2D eigenvalue weighted by Gasteiger charge is 2.45. The van der Waals surface area contributed by atoms with E-state index in [1.807, 2.05) is 59.6 Å². The Morgan fingerprint density at radius 2 is 1.65 bits per heavy atom. The zero-order valence-corrected chi connectivity index (χ0v) is 22.4. The summed E-state index contributed by atoms with van der Waals surface area (Å²) in [5.74, 6) is 1.04. The quantitative estimate of drug-likeness (QED) is 0.458. The number of rotatable bonds is 6. The van der Waals surface area contributed by atoms with Crippen molar-refractivity contribution in [3.8, 4) is 0 Å². The number of amides is 1. The van der Waals surface area contributed by atoms with E-state index in [2.05, 4.69) is 26.2 Å². The number of benzene rings is 2. The first-order chi connectivity index (χ1) is 17.6. The monoisotopic (exact) mass is 524 g/mol. The minimum Gasteiger partial charge on any atom is -0.326 e. The Balaban J connectivity index is 1.24. The van der Waals surface area contributed by atoms with Crippen molar-refractivity contribution in [2.24, 2.45) is 22.9 Å². The summed E-state index contributed by atoms with van der Waals surface area (Å²) in [6.45, 7) is 5.14. The molecule has 0 saturated heterocycles. The van der Waals surface area contributed by atoms with E-state index < -0.39 is 14.8 Å². The summed E-state index contributed by atoms with van der Waals surface area (Å²) >= 11 is 0. The predicted octanol–water partition coefficient (Wildman–Crippen LogP) is 3.73. The zero-order valence-electron chi connectivity index (χ0n) is 21.6. The number of para-hydroxylation sites is 1. The van der Waals surface area contributed by atoms with Crippen LogP contribution in [0.4, 0.5) is 11.4 Å². The highest BCUT2D eigenvalue weighted by atomic mass is 32.2. The molecule has 198 valence electrons. The SMILES string of the molecule is CC(C)(C)S(=O)(=O)NC1CC2CCCC(C1)C2C(=O)Nc1ccc(C2=NNNN2c2ccccc2)cc1. The van der Waals surface area contributed by atoms with Crippen LogP contribution in [0.3, 0.4) is 0 Å². The molecular weight excluding hydrogens is 488 g/mol. The fourth-order valence-electron chi connectivity index (χ4n) is 5.78. The lowest BCUT2D eigenvalue weighted by atomic mass is 9.63. The van der Waals surface area contributed by atoms with Crippen molar-refractivity contribution in [2.75, 3.05) is 10.3 Å². The van der Waals surface area contributed by atoms with Gasteiger partial charge in [0.15, 0.2) is 5.84 Å². The number of anilines is 2. The number of carbonyl (C=O) groups excluding carboxylic acids is 1. The number of sulfonamides is 1. The first-order valence-electron chi connectivity index (χ1n) is 13.0. The van der Waals surface area contributed by atoms with Crippen LogP contribution >= 0.6 is 0 Å². The molecule has 2 fully saturated rings. The molecule has 1 heterocycles. The molecule has 2 aliphatic carbocycles. The molecule has 2 atom stereocenters. The molecule has 2 aromatic carbocycles. The normalized spacial score (nSPS) is 25.8. The van der Waals surface area contributed by atoms with Gasteiger partial charge in [-0.2, -0.15) is 0 Å². The van der Waals surface area contributed by atoms with Crippen molar-refractivity contribution < 1.29 is 13.2 Å². The molecular formula is C27H36N6O3S. The van der Waals surface area contributed by atoms with Crippen molar-refractivity contribution in [3.05, 3.63) is 60.2 Å². The van der Waals surface area contributed by atoms with Gasteiger partial charge in [0.05, 0.1) is 10.4 Å². The van der Waals surface area contributed by atoms with E-state index in [9.17, 15) is 13.2 Å². The lowest BCUT2D eigenvalue weighted by Gasteiger charge is -2.45. The van der Waals surface area contributed by atoms with Gasteiger partial charge in [0.1, 0.15) is 0 Å². The average Bonchev–Trinajstić information content (AvgIpc) is 3.33. The second kappa shape index (κ2) is 10.1. The highest BCUT2D eigenvalue weighted by molar-refractivity contribution is 7.90. The molecule has 0 aromatic heterocycles. The molecule has 4 N–H and O–H groups in total. The standard InChI is InChI=1S/C27H36N6O3S/c1-27(2,3)37(35,36)30-22-16-19-8-7-9-20(17-22)24(19)26(34)28-21-14-12-18(13-15-21)25-29-31-32-33(25)23-10-5-4-6-11-23/h4-6,10-15,19-20,22,24,30-32H,7-9,16-17H2,1-3H3,(H,28,34). The van der Waals surface area contributed by atoms with Gasteiger partial charge in [-0.05, 0) is 94.7 Å². The molecule has 1 aliphatic heterocycles. The third-order valence-electron chi connectivity index (χ3n) is 7.73. The number of hydrazone groups is 1. The molecule has 5 rings (SSSR count). The molecule has 9 nitrogen and oxygen atoms in total. The summed E-state index contributed by atoms with van der Waals surface area (Å²) in [4.78, 5) is 13.4. The van der Waals surface area contributed by atoms with Crippen LogP contribution < -0.4 is 26.1 Å². The fraction of sp³-hybridized carbons (Fsp3) is 0.481. The molecule has 0 spiro atoms. The van der Waals surface area contributed by atoms with Gasteiger partial charge in [0.2, 0.25) is 15.9 Å². The summed E-state index contributed by atoms with van der Waals surface area (Å²) in [5, 5.41) is 9.35. The van der Waals surface area contributed by atoms with E-state index in [0.717, 1.165) is 42.0 Å². The molecule has 10 heteroatoms. The largest absolute Gasteiger partial charge is 0.326 e. The summed E-state index contributed by atoms with van der Waals surface area (Å²) < 4.78 is 27.5. The average molecular weight is 525 g/mol. The Bertz CT molecular complexity index is 1240. The molecule has 3 aliphatic rings. The maximum Gasteiger partial charge on any atom is 0.228 e. The van der Waals surface area contributed by atoms with Gasteiger partial charge in [0.25, 0.3) is 0 Å². The number of hydrogen-bond acceptors (Lipinski definition) is 7. The van der Waals surface area contributed by atoms with E-state index in [-0.39, 0.29) is 29.7 Å². The van der Waals surface area contributed by atoms with Crippen molar-refractivity contribution in [1.29, 1.82) is 0 Å². The number of hydrazine groups is 2. The lowest BCUT2D eigenvalue weighted by Crippen LogP contribution is -2.52. The van der Waals surface area contributed by atoms with E-state index >= 15 is 0 Å².